The fourth-order valence-corrected chi connectivity index (χ4v) is 4.64. The average molecular weight is 512 g/mol. The maximum atomic E-state index is 12.6. The molecule has 0 N–H and O–H groups in total. The Morgan fingerprint density at radius 3 is 2.34 bits per heavy atom. The van der Waals surface area contributed by atoms with E-state index in [0.717, 1.165) is 17.5 Å². The van der Waals surface area contributed by atoms with Gasteiger partial charge in [0.05, 0.1) is 18.6 Å². The molecule has 2 aromatic rings. The van der Waals surface area contributed by atoms with E-state index in [1.165, 1.54) is 16.7 Å². The third-order valence-corrected chi connectivity index (χ3v) is 6.33. The predicted octanol–water partition coefficient (Wildman–Crippen LogP) is 5.67. The highest BCUT2D eigenvalue weighted by Crippen LogP contribution is 2.35. The molecule has 1 aliphatic heterocycles. The van der Waals surface area contributed by atoms with E-state index >= 15 is 0 Å². The summed E-state index contributed by atoms with van der Waals surface area (Å²) in [7, 11) is 1.61. The number of thioether (sulfide) groups is 1. The summed E-state index contributed by atoms with van der Waals surface area (Å²) in [5, 5.41) is 0. The van der Waals surface area contributed by atoms with E-state index in [1.54, 1.807) is 19.3 Å². The first kappa shape index (κ1) is 26.4. The van der Waals surface area contributed by atoms with Gasteiger partial charge in [-0.3, -0.25) is 9.69 Å². The first-order valence-corrected chi connectivity index (χ1v) is 12.4. The summed E-state index contributed by atoms with van der Waals surface area (Å²) < 4.78 is 23.5. The first-order chi connectivity index (χ1) is 17.0. The summed E-state index contributed by atoms with van der Waals surface area (Å²) in [4.78, 5) is 14.7. The lowest BCUT2D eigenvalue weighted by Crippen LogP contribution is -2.27. The molecule has 0 bridgehead atoms. The Kier molecular flexibility index (Phi) is 9.81. The van der Waals surface area contributed by atoms with Gasteiger partial charge in [0.15, 0.2) is 23.0 Å². The van der Waals surface area contributed by atoms with E-state index in [2.05, 4.69) is 13.2 Å². The van der Waals surface area contributed by atoms with Crippen LogP contribution in [0.15, 0.2) is 66.6 Å². The molecule has 35 heavy (non-hydrogen) atoms. The molecule has 0 atom stereocenters. The molecule has 3 rings (SSSR count). The molecule has 0 radical (unpaired) electrons. The van der Waals surface area contributed by atoms with Gasteiger partial charge >= 0.3 is 0 Å². The highest BCUT2D eigenvalue weighted by Gasteiger charge is 2.31. The van der Waals surface area contributed by atoms with Crippen LogP contribution in [0.3, 0.4) is 0 Å². The van der Waals surface area contributed by atoms with Gasteiger partial charge in [0.25, 0.3) is 5.91 Å². The number of amides is 1. The van der Waals surface area contributed by atoms with Crippen molar-refractivity contribution in [3.63, 3.8) is 0 Å². The molecule has 0 aliphatic carbocycles. The minimum Gasteiger partial charge on any atom is -0.493 e. The van der Waals surface area contributed by atoms with Crippen molar-refractivity contribution in [2.45, 2.75) is 13.3 Å². The van der Waals surface area contributed by atoms with Crippen LogP contribution in [0.2, 0.25) is 0 Å². The zero-order chi connectivity index (χ0) is 25.2. The molecule has 1 heterocycles. The number of thiocarbonyl (C=S) groups is 1. The van der Waals surface area contributed by atoms with E-state index < -0.39 is 0 Å². The average Bonchev–Trinajstić information content (AvgIpc) is 3.11. The lowest BCUT2D eigenvalue weighted by molar-refractivity contribution is -0.121. The van der Waals surface area contributed by atoms with E-state index in [-0.39, 0.29) is 5.91 Å². The van der Waals surface area contributed by atoms with Crippen LogP contribution in [0.5, 0.6) is 23.0 Å². The van der Waals surface area contributed by atoms with Crippen LogP contribution in [-0.2, 0) is 11.2 Å². The van der Waals surface area contributed by atoms with E-state index in [0.29, 0.717) is 58.6 Å². The van der Waals surface area contributed by atoms with Crippen LogP contribution in [0.25, 0.3) is 6.08 Å². The second-order valence-corrected chi connectivity index (χ2v) is 9.07. The molecule has 0 spiro atoms. The van der Waals surface area contributed by atoms with Crippen molar-refractivity contribution in [3.05, 3.63) is 77.7 Å². The van der Waals surface area contributed by atoms with Gasteiger partial charge in [0, 0.05) is 6.54 Å². The lowest BCUT2D eigenvalue weighted by atomic mass is 10.1. The van der Waals surface area contributed by atoms with E-state index in [9.17, 15) is 4.79 Å². The third kappa shape index (κ3) is 6.90. The smallest absolute Gasteiger partial charge is 0.266 e. The summed E-state index contributed by atoms with van der Waals surface area (Å²) in [5.41, 5.74) is 1.92. The molecule has 1 amide bonds. The Bertz CT molecular complexity index is 1130. The van der Waals surface area contributed by atoms with E-state index in [1.807, 2.05) is 49.4 Å². The van der Waals surface area contributed by atoms with Gasteiger partial charge in [-0.2, -0.15) is 0 Å². The van der Waals surface area contributed by atoms with Crippen molar-refractivity contribution < 1.29 is 23.7 Å². The zero-order valence-electron chi connectivity index (χ0n) is 20.0. The van der Waals surface area contributed by atoms with Crippen molar-refractivity contribution in [1.82, 2.24) is 4.90 Å². The molecule has 2 aromatic carbocycles. The quantitative estimate of drug-likeness (QED) is 0.149. The first-order valence-electron chi connectivity index (χ1n) is 11.2. The fourth-order valence-electron chi connectivity index (χ4n) is 3.37. The molecule has 1 aliphatic rings. The highest BCUT2D eigenvalue weighted by molar-refractivity contribution is 8.26. The summed E-state index contributed by atoms with van der Waals surface area (Å²) in [6.45, 7) is 10.9. The number of hydrogen-bond acceptors (Lipinski definition) is 7. The lowest BCUT2D eigenvalue weighted by Gasteiger charge is -2.14. The standard InChI is InChI=1S/C27H29NO5S2/c1-5-8-19-9-11-21(23(16-19)30-4)32-14-15-33-22-12-10-20(17-24(22)31-7-3)18-25-26(29)28(13-6-2)27(34)35-25/h5-6,9-12,16-18H,1-2,7-8,13-15H2,3-4H3. The fraction of sp³-hybridized carbons (Fsp3) is 0.259. The number of benzene rings is 2. The number of carbonyl (C=O) groups excluding carboxylic acids is 1. The number of carbonyl (C=O) groups is 1. The third-order valence-electron chi connectivity index (χ3n) is 4.96. The minimum absolute atomic E-state index is 0.122. The van der Waals surface area contributed by atoms with Gasteiger partial charge in [-0.25, -0.2) is 0 Å². The van der Waals surface area contributed by atoms with E-state index in [4.69, 9.17) is 31.2 Å². The number of nitrogens with zero attached hydrogens (tertiary/aromatic N) is 1. The molecular formula is C27H29NO5S2. The van der Waals surface area contributed by atoms with Crippen molar-refractivity contribution in [1.29, 1.82) is 0 Å². The van der Waals surface area contributed by atoms with Crippen LogP contribution in [0.1, 0.15) is 18.1 Å². The van der Waals surface area contributed by atoms with Gasteiger partial charge in [0.2, 0.25) is 0 Å². The molecule has 184 valence electrons. The van der Waals surface area contributed by atoms with Gasteiger partial charge in [0.1, 0.15) is 17.5 Å². The largest absolute Gasteiger partial charge is 0.493 e. The minimum atomic E-state index is -0.122. The van der Waals surface area contributed by atoms with Crippen LogP contribution in [0.4, 0.5) is 0 Å². The second-order valence-electron chi connectivity index (χ2n) is 7.40. The SMILES string of the molecule is C=CCc1ccc(OCCOc2ccc(C=C3SC(=S)N(CC=C)C3=O)cc2OCC)c(OC)c1. The Hall–Kier alpha value is -3.23. The van der Waals surface area contributed by atoms with Crippen molar-refractivity contribution in [3.8, 4) is 23.0 Å². The highest BCUT2D eigenvalue weighted by atomic mass is 32.2. The molecule has 0 aromatic heterocycles. The van der Waals surface area contributed by atoms with Gasteiger partial charge in [-0.1, -0.05) is 48.3 Å². The molecule has 1 saturated heterocycles. The van der Waals surface area contributed by atoms with Gasteiger partial charge in [-0.15, -0.1) is 13.2 Å². The number of hydrogen-bond donors (Lipinski definition) is 0. The number of rotatable bonds is 13. The molecule has 1 fully saturated rings. The summed E-state index contributed by atoms with van der Waals surface area (Å²) in [6, 6.07) is 11.4. The van der Waals surface area contributed by atoms with Gasteiger partial charge in [-0.05, 0) is 54.8 Å². The maximum absolute atomic E-state index is 12.6. The summed E-state index contributed by atoms with van der Waals surface area (Å²) in [6.07, 6.45) is 6.07. The van der Waals surface area contributed by atoms with Crippen LogP contribution < -0.4 is 18.9 Å². The topological polar surface area (TPSA) is 57.2 Å². The predicted molar refractivity (Wildman–Crippen MR) is 146 cm³/mol. The Morgan fingerprint density at radius 1 is 0.971 bits per heavy atom. The summed E-state index contributed by atoms with van der Waals surface area (Å²) in [5.74, 6) is 2.39. The summed E-state index contributed by atoms with van der Waals surface area (Å²) >= 11 is 6.58. The second kappa shape index (κ2) is 13.0. The molecule has 8 heteroatoms. The monoisotopic (exact) mass is 511 g/mol. The molecule has 0 unspecified atom stereocenters. The number of ether oxygens (including phenoxy) is 4. The molecule has 6 nitrogen and oxygen atoms in total. The van der Waals surface area contributed by atoms with Crippen LogP contribution in [0, 0.1) is 0 Å². The number of allylic oxidation sites excluding steroid dienone is 1. The van der Waals surface area contributed by atoms with Crippen molar-refractivity contribution >= 4 is 40.3 Å². The van der Waals surface area contributed by atoms with Crippen LogP contribution >= 0.6 is 24.0 Å². The van der Waals surface area contributed by atoms with Crippen molar-refractivity contribution in [2.24, 2.45) is 0 Å². The Balaban J connectivity index is 1.65. The molecular weight excluding hydrogens is 482 g/mol. The normalized spacial score (nSPS) is 14.2. The zero-order valence-corrected chi connectivity index (χ0v) is 21.6. The van der Waals surface area contributed by atoms with Crippen LogP contribution in [-0.4, -0.2) is 48.6 Å². The van der Waals surface area contributed by atoms with Crippen molar-refractivity contribution in [2.75, 3.05) is 33.5 Å². The Morgan fingerprint density at radius 2 is 1.69 bits per heavy atom. The Labute approximate surface area is 216 Å². The number of methoxy groups -OCH3 is 1. The molecule has 0 saturated carbocycles. The van der Waals surface area contributed by atoms with Gasteiger partial charge < -0.3 is 18.9 Å². The maximum Gasteiger partial charge on any atom is 0.266 e.